The van der Waals surface area contributed by atoms with Gasteiger partial charge in [-0.3, -0.25) is 0 Å². The molecule has 0 aromatic heterocycles. The van der Waals surface area contributed by atoms with E-state index in [4.69, 9.17) is 10.5 Å². The predicted molar refractivity (Wildman–Crippen MR) is 77.1 cm³/mol. The maximum Gasteiger partial charge on any atom is 0.138 e. The van der Waals surface area contributed by atoms with E-state index in [0.29, 0.717) is 0 Å². The summed E-state index contributed by atoms with van der Waals surface area (Å²) in [6, 6.07) is 2.24. The van der Waals surface area contributed by atoms with E-state index in [9.17, 15) is 0 Å². The fourth-order valence-corrected chi connectivity index (χ4v) is 3.77. The molecule has 0 heterocycles. The second kappa shape index (κ2) is 4.53. The minimum absolute atomic E-state index is 0.121. The van der Waals surface area contributed by atoms with Gasteiger partial charge in [0, 0.05) is 11.1 Å². The number of aryl methyl sites for hydroxylation is 1. The zero-order valence-corrected chi connectivity index (χ0v) is 12.5. The number of rotatable bonds is 2. The Morgan fingerprint density at radius 3 is 2.61 bits per heavy atom. The number of nitrogens with two attached hydrogens (primary N) is 1. The van der Waals surface area contributed by atoms with Crippen LogP contribution in [0.15, 0.2) is 10.5 Å². The Labute approximate surface area is 117 Å². The number of ether oxygens (including phenoxy) is 1. The van der Waals surface area contributed by atoms with E-state index >= 15 is 0 Å². The highest BCUT2D eigenvalue weighted by Gasteiger charge is 2.44. The van der Waals surface area contributed by atoms with Crippen LogP contribution in [0.1, 0.15) is 48.8 Å². The van der Waals surface area contributed by atoms with Crippen LogP contribution < -0.4 is 10.5 Å². The molecule has 0 saturated heterocycles. The van der Waals surface area contributed by atoms with Gasteiger partial charge in [-0.1, -0.05) is 6.42 Å². The van der Waals surface area contributed by atoms with E-state index in [1.165, 1.54) is 42.4 Å². The van der Waals surface area contributed by atoms with E-state index in [1.54, 1.807) is 7.11 Å². The Kier molecular flexibility index (Phi) is 3.15. The number of methoxy groups -OCH3 is 1. The first-order valence-electron chi connectivity index (χ1n) is 6.83. The van der Waals surface area contributed by atoms with E-state index in [2.05, 4.69) is 22.0 Å². The van der Waals surface area contributed by atoms with Crippen molar-refractivity contribution in [3.8, 4) is 5.75 Å². The molecule has 0 bridgehead atoms. The first-order chi connectivity index (χ1) is 8.65. The zero-order chi connectivity index (χ0) is 12.8. The molecule has 1 fully saturated rings. The average molecular weight is 310 g/mol. The Hall–Kier alpha value is -0.540. The van der Waals surface area contributed by atoms with Gasteiger partial charge in [-0.25, -0.2) is 0 Å². The summed E-state index contributed by atoms with van der Waals surface area (Å²) in [5.41, 5.74) is 10.6. The van der Waals surface area contributed by atoms with Crippen LogP contribution in [0.4, 0.5) is 0 Å². The lowest BCUT2D eigenvalue weighted by Crippen LogP contribution is -2.23. The highest BCUT2D eigenvalue weighted by Crippen LogP contribution is 2.51. The lowest BCUT2D eigenvalue weighted by Gasteiger charge is -2.22. The molecule has 0 radical (unpaired) electrons. The van der Waals surface area contributed by atoms with Crippen molar-refractivity contribution in [2.45, 2.75) is 50.5 Å². The van der Waals surface area contributed by atoms with Crippen LogP contribution in [0.2, 0.25) is 0 Å². The maximum atomic E-state index is 6.49. The number of fused-ring (bicyclic) bond motifs is 1. The predicted octanol–water partition coefficient (Wildman–Crippen LogP) is 3.67. The second-order valence-electron chi connectivity index (χ2n) is 5.62. The van der Waals surface area contributed by atoms with Crippen LogP contribution in [-0.4, -0.2) is 7.11 Å². The molecule has 0 spiro atoms. The quantitative estimate of drug-likeness (QED) is 0.846. The van der Waals surface area contributed by atoms with Crippen LogP contribution in [0, 0.1) is 0 Å². The summed E-state index contributed by atoms with van der Waals surface area (Å²) in [5, 5.41) is 0. The summed E-state index contributed by atoms with van der Waals surface area (Å²) in [4.78, 5) is 0. The number of hydrogen-bond donors (Lipinski definition) is 1. The highest BCUT2D eigenvalue weighted by molar-refractivity contribution is 9.10. The summed E-state index contributed by atoms with van der Waals surface area (Å²) in [5.74, 6) is 0.968. The maximum absolute atomic E-state index is 6.49. The zero-order valence-electron chi connectivity index (χ0n) is 10.9. The summed E-state index contributed by atoms with van der Waals surface area (Å²) in [6.45, 7) is 0. The van der Waals surface area contributed by atoms with E-state index in [1.807, 2.05) is 0 Å². The molecular formula is C15H20BrNO. The van der Waals surface area contributed by atoms with Gasteiger partial charge in [0.2, 0.25) is 0 Å². The van der Waals surface area contributed by atoms with Gasteiger partial charge < -0.3 is 10.5 Å². The fraction of sp³-hybridized carbons (Fsp3) is 0.600. The number of halogens is 1. The Bertz CT molecular complexity index is 480. The van der Waals surface area contributed by atoms with Crippen molar-refractivity contribution >= 4 is 15.9 Å². The van der Waals surface area contributed by atoms with Crippen molar-refractivity contribution in [1.29, 1.82) is 0 Å². The van der Waals surface area contributed by atoms with Gasteiger partial charge in [-0.2, -0.15) is 0 Å². The minimum atomic E-state index is -0.121. The normalized spacial score (nSPS) is 21.1. The molecule has 2 aliphatic carbocycles. The van der Waals surface area contributed by atoms with E-state index in [0.717, 1.165) is 29.5 Å². The van der Waals surface area contributed by atoms with Crippen LogP contribution >= 0.6 is 15.9 Å². The van der Waals surface area contributed by atoms with Crippen LogP contribution in [-0.2, 0) is 18.4 Å². The third kappa shape index (κ3) is 1.97. The number of benzene rings is 1. The topological polar surface area (TPSA) is 35.2 Å². The average Bonchev–Trinajstić information content (AvgIpc) is 3.11. The van der Waals surface area contributed by atoms with Gasteiger partial charge in [0.25, 0.3) is 0 Å². The summed E-state index contributed by atoms with van der Waals surface area (Å²) in [6.07, 6.45) is 8.42. The molecule has 0 unspecified atom stereocenters. The first-order valence-corrected chi connectivity index (χ1v) is 7.62. The van der Waals surface area contributed by atoms with Gasteiger partial charge in [-0.05, 0) is 71.6 Å². The van der Waals surface area contributed by atoms with Crippen LogP contribution in [0.5, 0.6) is 5.75 Å². The van der Waals surface area contributed by atoms with E-state index < -0.39 is 0 Å². The molecule has 1 aromatic carbocycles. The monoisotopic (exact) mass is 309 g/mol. The van der Waals surface area contributed by atoms with Gasteiger partial charge >= 0.3 is 0 Å². The standard InChI is InChI=1S/C15H20BrNO/c1-18-14-12(16)9-10-5-3-2-4-6-11(10)13(14)15(17)7-8-15/h9H,2-8,17H2,1H3. The van der Waals surface area contributed by atoms with Crippen LogP contribution in [0.3, 0.4) is 0 Å². The smallest absolute Gasteiger partial charge is 0.138 e. The van der Waals surface area contributed by atoms with Crippen molar-refractivity contribution in [3.05, 3.63) is 27.2 Å². The Morgan fingerprint density at radius 2 is 1.94 bits per heavy atom. The van der Waals surface area contributed by atoms with Crippen molar-refractivity contribution < 1.29 is 4.74 Å². The van der Waals surface area contributed by atoms with Crippen molar-refractivity contribution in [1.82, 2.24) is 0 Å². The molecule has 1 aromatic rings. The second-order valence-corrected chi connectivity index (χ2v) is 6.48. The van der Waals surface area contributed by atoms with Crippen molar-refractivity contribution in [2.24, 2.45) is 5.73 Å². The molecule has 3 rings (SSSR count). The Balaban J connectivity index is 2.21. The van der Waals surface area contributed by atoms with Crippen molar-refractivity contribution in [3.63, 3.8) is 0 Å². The Morgan fingerprint density at radius 1 is 1.22 bits per heavy atom. The van der Waals surface area contributed by atoms with Crippen molar-refractivity contribution in [2.75, 3.05) is 7.11 Å². The third-order valence-electron chi connectivity index (χ3n) is 4.30. The van der Waals surface area contributed by atoms with Gasteiger partial charge in [0.05, 0.1) is 11.6 Å². The first kappa shape index (κ1) is 12.5. The van der Waals surface area contributed by atoms with Crippen LogP contribution in [0.25, 0.3) is 0 Å². The number of hydrogen-bond acceptors (Lipinski definition) is 2. The molecule has 18 heavy (non-hydrogen) atoms. The third-order valence-corrected chi connectivity index (χ3v) is 4.89. The lowest BCUT2D eigenvalue weighted by atomic mass is 9.90. The van der Waals surface area contributed by atoms with Gasteiger partial charge in [0.1, 0.15) is 5.75 Å². The largest absolute Gasteiger partial charge is 0.495 e. The molecule has 0 aliphatic heterocycles. The lowest BCUT2D eigenvalue weighted by molar-refractivity contribution is 0.400. The molecule has 2 N–H and O–H groups in total. The summed E-state index contributed by atoms with van der Waals surface area (Å²) < 4.78 is 6.69. The van der Waals surface area contributed by atoms with Gasteiger partial charge in [-0.15, -0.1) is 0 Å². The summed E-state index contributed by atoms with van der Waals surface area (Å²) >= 11 is 3.65. The minimum Gasteiger partial charge on any atom is -0.495 e. The molecule has 3 heteroatoms. The molecule has 0 atom stereocenters. The molecule has 98 valence electrons. The molecular weight excluding hydrogens is 290 g/mol. The summed E-state index contributed by atoms with van der Waals surface area (Å²) in [7, 11) is 1.75. The molecule has 1 saturated carbocycles. The SMILES string of the molecule is COc1c(Br)cc2c(c1C1(N)CC1)CCCCC2. The van der Waals surface area contributed by atoms with E-state index in [-0.39, 0.29) is 5.54 Å². The fourth-order valence-electron chi connectivity index (χ4n) is 3.14. The molecule has 0 amide bonds. The molecule has 2 nitrogen and oxygen atoms in total. The highest BCUT2D eigenvalue weighted by atomic mass is 79.9. The van der Waals surface area contributed by atoms with Gasteiger partial charge in [0.15, 0.2) is 0 Å². The molecule has 2 aliphatic rings.